The van der Waals surface area contributed by atoms with E-state index in [0.29, 0.717) is 6.42 Å². The van der Waals surface area contributed by atoms with E-state index in [9.17, 15) is 14.7 Å². The predicted molar refractivity (Wildman–Crippen MR) is 57.5 cm³/mol. The van der Waals surface area contributed by atoms with Crippen LogP contribution in [0.5, 0.6) is 0 Å². The molecule has 2 aliphatic rings. The van der Waals surface area contributed by atoms with Crippen LogP contribution in [0.4, 0.5) is 0 Å². The summed E-state index contributed by atoms with van der Waals surface area (Å²) in [5, 5.41) is 12.8. The average molecular weight is 226 g/mol. The summed E-state index contributed by atoms with van der Waals surface area (Å²) >= 11 is 0. The van der Waals surface area contributed by atoms with Crippen molar-refractivity contribution in [2.75, 3.05) is 7.05 Å². The third-order valence-electron chi connectivity index (χ3n) is 4.00. The van der Waals surface area contributed by atoms with E-state index in [-0.39, 0.29) is 35.8 Å². The van der Waals surface area contributed by atoms with Crippen LogP contribution in [0.15, 0.2) is 0 Å². The highest BCUT2D eigenvalue weighted by atomic mass is 16.3. The molecule has 1 saturated carbocycles. The highest BCUT2D eigenvalue weighted by molar-refractivity contribution is 6.05. The SMILES string of the molecule is CN1C(=O)CC(NC2CC(O)C2(C)C)C1=O. The number of imide groups is 1. The van der Waals surface area contributed by atoms with Crippen LogP contribution in [0, 0.1) is 5.41 Å². The first-order valence-electron chi connectivity index (χ1n) is 5.58. The molecule has 1 saturated heterocycles. The van der Waals surface area contributed by atoms with Crippen LogP contribution in [0.25, 0.3) is 0 Å². The van der Waals surface area contributed by atoms with Gasteiger partial charge in [0.05, 0.1) is 18.6 Å². The third-order valence-corrected chi connectivity index (χ3v) is 4.00. The first-order valence-corrected chi connectivity index (χ1v) is 5.58. The van der Waals surface area contributed by atoms with Gasteiger partial charge in [0, 0.05) is 18.5 Å². The van der Waals surface area contributed by atoms with Gasteiger partial charge in [0.25, 0.3) is 0 Å². The number of likely N-dealkylation sites (N-methyl/N-ethyl adjacent to an activating group) is 1. The number of nitrogens with one attached hydrogen (secondary N) is 1. The Morgan fingerprint density at radius 1 is 1.44 bits per heavy atom. The van der Waals surface area contributed by atoms with Gasteiger partial charge in [0.1, 0.15) is 0 Å². The largest absolute Gasteiger partial charge is 0.392 e. The van der Waals surface area contributed by atoms with Crippen molar-refractivity contribution in [2.24, 2.45) is 5.41 Å². The summed E-state index contributed by atoms with van der Waals surface area (Å²) in [6, 6.07) is -0.301. The molecule has 5 nitrogen and oxygen atoms in total. The molecule has 16 heavy (non-hydrogen) atoms. The summed E-state index contributed by atoms with van der Waals surface area (Å²) < 4.78 is 0. The van der Waals surface area contributed by atoms with Crippen LogP contribution >= 0.6 is 0 Å². The fourth-order valence-corrected chi connectivity index (χ4v) is 2.31. The van der Waals surface area contributed by atoms with Gasteiger partial charge in [-0.1, -0.05) is 13.8 Å². The molecule has 1 heterocycles. The molecule has 90 valence electrons. The second-order valence-corrected chi connectivity index (χ2v) is 5.34. The molecule has 2 rings (SSSR count). The molecule has 1 aliphatic carbocycles. The van der Waals surface area contributed by atoms with E-state index in [2.05, 4.69) is 5.32 Å². The second kappa shape index (κ2) is 3.53. The Balaban J connectivity index is 1.98. The molecule has 2 fully saturated rings. The van der Waals surface area contributed by atoms with Crippen LogP contribution in [-0.4, -0.2) is 47.1 Å². The van der Waals surface area contributed by atoms with Crippen molar-refractivity contribution in [2.45, 2.75) is 44.9 Å². The van der Waals surface area contributed by atoms with Gasteiger partial charge < -0.3 is 10.4 Å². The topological polar surface area (TPSA) is 69.6 Å². The van der Waals surface area contributed by atoms with Crippen LogP contribution < -0.4 is 5.32 Å². The molecule has 2 amide bonds. The van der Waals surface area contributed by atoms with E-state index in [4.69, 9.17) is 0 Å². The molecule has 0 bridgehead atoms. The number of hydrogen-bond donors (Lipinski definition) is 2. The van der Waals surface area contributed by atoms with Crippen molar-refractivity contribution >= 4 is 11.8 Å². The van der Waals surface area contributed by atoms with E-state index >= 15 is 0 Å². The smallest absolute Gasteiger partial charge is 0.246 e. The predicted octanol–water partition coefficient (Wildman–Crippen LogP) is -0.507. The Labute approximate surface area is 94.8 Å². The molecule has 3 atom stereocenters. The van der Waals surface area contributed by atoms with Gasteiger partial charge >= 0.3 is 0 Å². The van der Waals surface area contributed by atoms with Crippen molar-refractivity contribution in [3.05, 3.63) is 0 Å². The van der Waals surface area contributed by atoms with Gasteiger partial charge in [-0.3, -0.25) is 14.5 Å². The summed E-state index contributed by atoms with van der Waals surface area (Å²) in [4.78, 5) is 24.2. The first kappa shape index (κ1) is 11.5. The molecule has 0 spiro atoms. The molecule has 5 heteroatoms. The Hall–Kier alpha value is -0.940. The summed E-state index contributed by atoms with van der Waals surface area (Å²) in [6.07, 6.45) is 0.558. The molecular formula is C11H18N2O3. The Kier molecular flexibility index (Phi) is 2.55. The number of amides is 2. The van der Waals surface area contributed by atoms with E-state index in [1.807, 2.05) is 13.8 Å². The second-order valence-electron chi connectivity index (χ2n) is 5.34. The Bertz CT molecular complexity index is 340. The molecular weight excluding hydrogens is 208 g/mol. The highest BCUT2D eigenvalue weighted by Crippen LogP contribution is 2.41. The lowest BCUT2D eigenvalue weighted by Crippen LogP contribution is -2.62. The summed E-state index contributed by atoms with van der Waals surface area (Å²) in [7, 11) is 1.51. The van der Waals surface area contributed by atoms with Crippen molar-refractivity contribution in [3.63, 3.8) is 0 Å². The summed E-state index contributed by atoms with van der Waals surface area (Å²) in [5.41, 5.74) is -0.218. The lowest BCUT2D eigenvalue weighted by Gasteiger charge is -2.50. The maximum absolute atomic E-state index is 11.7. The minimum absolute atomic E-state index is 0.107. The minimum atomic E-state index is -0.408. The number of nitrogens with zero attached hydrogens (tertiary/aromatic N) is 1. The van der Waals surface area contributed by atoms with E-state index in [1.165, 1.54) is 11.9 Å². The maximum Gasteiger partial charge on any atom is 0.246 e. The lowest BCUT2D eigenvalue weighted by atomic mass is 9.64. The fourth-order valence-electron chi connectivity index (χ4n) is 2.31. The number of likely N-dealkylation sites (tertiary alicyclic amines) is 1. The first-order chi connectivity index (χ1) is 7.34. The van der Waals surface area contributed by atoms with Crippen molar-refractivity contribution in [3.8, 4) is 0 Å². The van der Waals surface area contributed by atoms with Crippen LogP contribution in [0.2, 0.25) is 0 Å². The lowest BCUT2D eigenvalue weighted by molar-refractivity contribution is -0.137. The van der Waals surface area contributed by atoms with Crippen LogP contribution in [0.3, 0.4) is 0 Å². The van der Waals surface area contributed by atoms with E-state index in [0.717, 1.165) is 0 Å². The standard InChI is InChI=1S/C11H18N2O3/c1-11(2)7(5-8(11)14)12-6-4-9(15)13(3)10(6)16/h6-8,12,14H,4-5H2,1-3H3. The van der Waals surface area contributed by atoms with Crippen molar-refractivity contribution in [1.29, 1.82) is 0 Å². The van der Waals surface area contributed by atoms with Crippen molar-refractivity contribution in [1.82, 2.24) is 10.2 Å². The van der Waals surface area contributed by atoms with Gasteiger partial charge in [-0.2, -0.15) is 0 Å². The molecule has 3 unspecified atom stereocenters. The maximum atomic E-state index is 11.7. The number of aliphatic hydroxyl groups excluding tert-OH is 1. The Morgan fingerprint density at radius 2 is 2.06 bits per heavy atom. The normalized spacial score (nSPS) is 37.8. The van der Waals surface area contributed by atoms with Crippen LogP contribution in [-0.2, 0) is 9.59 Å². The molecule has 0 aromatic rings. The summed E-state index contributed by atoms with van der Waals surface area (Å²) in [5.74, 6) is -0.303. The van der Waals surface area contributed by atoms with Gasteiger partial charge in [0.2, 0.25) is 11.8 Å². The zero-order valence-corrected chi connectivity index (χ0v) is 9.86. The highest BCUT2D eigenvalue weighted by Gasteiger charge is 2.49. The number of carbonyl (C=O) groups excluding carboxylic acids is 2. The fraction of sp³-hybridized carbons (Fsp3) is 0.818. The quantitative estimate of drug-likeness (QED) is 0.622. The molecule has 2 N–H and O–H groups in total. The van der Waals surface area contributed by atoms with Gasteiger partial charge in [-0.05, 0) is 6.42 Å². The van der Waals surface area contributed by atoms with Gasteiger partial charge in [0.15, 0.2) is 0 Å². The Morgan fingerprint density at radius 3 is 2.44 bits per heavy atom. The summed E-state index contributed by atoms with van der Waals surface area (Å²) in [6.45, 7) is 3.92. The van der Waals surface area contributed by atoms with Crippen LogP contribution in [0.1, 0.15) is 26.7 Å². The number of hydrogen-bond acceptors (Lipinski definition) is 4. The van der Waals surface area contributed by atoms with Gasteiger partial charge in [-0.25, -0.2) is 0 Å². The molecule has 0 radical (unpaired) electrons. The van der Waals surface area contributed by atoms with Gasteiger partial charge in [-0.15, -0.1) is 0 Å². The van der Waals surface area contributed by atoms with Crippen molar-refractivity contribution < 1.29 is 14.7 Å². The molecule has 1 aliphatic heterocycles. The average Bonchev–Trinajstić information content (AvgIpc) is 2.46. The number of aliphatic hydroxyl groups is 1. The number of rotatable bonds is 2. The van der Waals surface area contributed by atoms with E-state index in [1.54, 1.807) is 0 Å². The minimum Gasteiger partial charge on any atom is -0.392 e. The molecule has 0 aromatic carbocycles. The number of carbonyl (C=O) groups is 2. The zero-order valence-electron chi connectivity index (χ0n) is 9.86. The third kappa shape index (κ3) is 1.55. The molecule has 0 aromatic heterocycles. The monoisotopic (exact) mass is 226 g/mol. The zero-order chi connectivity index (χ0) is 12.1. The van der Waals surface area contributed by atoms with E-state index < -0.39 is 6.04 Å².